The SMILES string of the molecule is O=C(Nc1ccc(O)cc1)c1c(Cl)cccc1[N+](=O)[O-]. The molecule has 0 bridgehead atoms. The standard InChI is InChI=1S/C13H9ClN2O4/c14-10-2-1-3-11(16(19)20)12(10)13(18)15-8-4-6-9(17)7-5-8/h1-7,17H,(H,15,18). The number of amides is 1. The minimum Gasteiger partial charge on any atom is -0.508 e. The van der Waals surface area contributed by atoms with E-state index in [0.717, 1.165) is 0 Å². The third kappa shape index (κ3) is 2.86. The van der Waals surface area contributed by atoms with Crippen LogP contribution in [0.15, 0.2) is 42.5 Å². The average molecular weight is 293 g/mol. The Morgan fingerprint density at radius 1 is 1.20 bits per heavy atom. The normalized spacial score (nSPS) is 10.1. The molecule has 0 atom stereocenters. The molecule has 0 radical (unpaired) electrons. The van der Waals surface area contributed by atoms with E-state index in [0.29, 0.717) is 5.69 Å². The largest absolute Gasteiger partial charge is 0.508 e. The molecule has 0 aliphatic rings. The van der Waals surface area contributed by atoms with Gasteiger partial charge in [-0.1, -0.05) is 17.7 Å². The predicted molar refractivity (Wildman–Crippen MR) is 74.2 cm³/mol. The molecule has 0 fully saturated rings. The molecule has 2 rings (SSSR count). The summed E-state index contributed by atoms with van der Waals surface area (Å²) in [5.41, 5.74) is -0.178. The van der Waals surface area contributed by atoms with Crippen molar-refractivity contribution in [1.82, 2.24) is 0 Å². The highest BCUT2D eigenvalue weighted by atomic mass is 35.5. The number of nitrogens with one attached hydrogen (secondary N) is 1. The third-order valence-electron chi connectivity index (χ3n) is 2.54. The van der Waals surface area contributed by atoms with Gasteiger partial charge in [-0.2, -0.15) is 0 Å². The topological polar surface area (TPSA) is 92.5 Å². The molecule has 0 spiro atoms. The summed E-state index contributed by atoms with van der Waals surface area (Å²) in [6.07, 6.45) is 0. The van der Waals surface area contributed by atoms with E-state index in [1.807, 2.05) is 0 Å². The van der Waals surface area contributed by atoms with Crippen molar-refractivity contribution >= 4 is 28.9 Å². The molecule has 6 nitrogen and oxygen atoms in total. The molecule has 0 unspecified atom stereocenters. The number of carbonyl (C=O) groups is 1. The molecule has 2 N–H and O–H groups in total. The molecule has 0 heterocycles. The number of nitrogens with zero attached hydrogens (tertiary/aromatic N) is 1. The Labute approximate surface area is 118 Å². The van der Waals surface area contributed by atoms with Gasteiger partial charge in [0.1, 0.15) is 11.3 Å². The van der Waals surface area contributed by atoms with Crippen LogP contribution in [0.5, 0.6) is 5.75 Å². The van der Waals surface area contributed by atoms with Crippen LogP contribution in [0.4, 0.5) is 11.4 Å². The number of anilines is 1. The summed E-state index contributed by atoms with van der Waals surface area (Å²) in [6, 6.07) is 9.72. The van der Waals surface area contributed by atoms with Gasteiger partial charge < -0.3 is 10.4 Å². The van der Waals surface area contributed by atoms with Gasteiger partial charge in [-0.15, -0.1) is 0 Å². The average Bonchev–Trinajstić information content (AvgIpc) is 2.40. The van der Waals surface area contributed by atoms with Crippen molar-refractivity contribution in [3.8, 4) is 5.75 Å². The highest BCUT2D eigenvalue weighted by Gasteiger charge is 2.23. The Kier molecular flexibility index (Phi) is 3.86. The molecule has 0 saturated carbocycles. The summed E-state index contributed by atoms with van der Waals surface area (Å²) in [6.45, 7) is 0. The van der Waals surface area contributed by atoms with E-state index in [1.165, 1.54) is 42.5 Å². The summed E-state index contributed by atoms with van der Waals surface area (Å²) in [7, 11) is 0. The van der Waals surface area contributed by atoms with E-state index in [1.54, 1.807) is 0 Å². The van der Waals surface area contributed by atoms with E-state index in [9.17, 15) is 14.9 Å². The van der Waals surface area contributed by atoms with E-state index < -0.39 is 10.8 Å². The lowest BCUT2D eigenvalue weighted by atomic mass is 10.1. The summed E-state index contributed by atoms with van der Waals surface area (Å²) in [5.74, 6) is -0.639. The highest BCUT2D eigenvalue weighted by Crippen LogP contribution is 2.27. The molecular formula is C13H9ClN2O4. The van der Waals surface area contributed by atoms with Crippen molar-refractivity contribution in [3.05, 3.63) is 63.2 Å². The molecule has 2 aromatic rings. The fourth-order valence-electron chi connectivity index (χ4n) is 1.63. The zero-order valence-electron chi connectivity index (χ0n) is 10.0. The molecule has 2 aromatic carbocycles. The van der Waals surface area contributed by atoms with Gasteiger partial charge in [-0.05, 0) is 30.3 Å². The maximum absolute atomic E-state index is 12.1. The number of phenols is 1. The fourth-order valence-corrected chi connectivity index (χ4v) is 1.88. The molecule has 102 valence electrons. The maximum atomic E-state index is 12.1. The van der Waals surface area contributed by atoms with E-state index >= 15 is 0 Å². The van der Waals surface area contributed by atoms with Crippen LogP contribution in [0.25, 0.3) is 0 Å². The fraction of sp³-hybridized carbons (Fsp3) is 0. The van der Waals surface area contributed by atoms with Crippen LogP contribution in [-0.2, 0) is 0 Å². The number of phenolic OH excluding ortho intramolecular Hbond substituents is 1. The lowest BCUT2D eigenvalue weighted by molar-refractivity contribution is -0.385. The van der Waals surface area contributed by atoms with Gasteiger partial charge >= 0.3 is 0 Å². The highest BCUT2D eigenvalue weighted by molar-refractivity contribution is 6.35. The van der Waals surface area contributed by atoms with Crippen LogP contribution < -0.4 is 5.32 Å². The zero-order valence-corrected chi connectivity index (χ0v) is 10.8. The van der Waals surface area contributed by atoms with Crippen LogP contribution in [-0.4, -0.2) is 15.9 Å². The number of aromatic hydroxyl groups is 1. The van der Waals surface area contributed by atoms with E-state index in [4.69, 9.17) is 16.7 Å². The lowest BCUT2D eigenvalue weighted by Gasteiger charge is -2.07. The van der Waals surface area contributed by atoms with Gasteiger partial charge in [0.25, 0.3) is 11.6 Å². The molecule has 1 amide bonds. The van der Waals surface area contributed by atoms with Gasteiger partial charge in [0.05, 0.1) is 9.95 Å². The molecule has 0 saturated heterocycles. The molecule has 0 aliphatic carbocycles. The van der Waals surface area contributed by atoms with E-state index in [2.05, 4.69) is 5.32 Å². The quantitative estimate of drug-likeness (QED) is 0.516. The van der Waals surface area contributed by atoms with Crippen LogP contribution in [0.3, 0.4) is 0 Å². The van der Waals surface area contributed by atoms with Gasteiger partial charge in [-0.25, -0.2) is 0 Å². The maximum Gasteiger partial charge on any atom is 0.283 e. The second-order valence-electron chi connectivity index (χ2n) is 3.89. The summed E-state index contributed by atoms with van der Waals surface area (Å²) in [5, 5.41) is 22.5. The molecule has 0 aliphatic heterocycles. The van der Waals surface area contributed by atoms with Crippen molar-refractivity contribution in [3.63, 3.8) is 0 Å². The van der Waals surface area contributed by atoms with Crippen LogP contribution >= 0.6 is 11.6 Å². The van der Waals surface area contributed by atoms with Crippen LogP contribution in [0, 0.1) is 10.1 Å². The second-order valence-corrected chi connectivity index (χ2v) is 4.30. The Balaban J connectivity index is 2.34. The van der Waals surface area contributed by atoms with Gasteiger partial charge in [0, 0.05) is 11.8 Å². The minimum absolute atomic E-state index is 0.00419. The smallest absolute Gasteiger partial charge is 0.283 e. The van der Waals surface area contributed by atoms with Gasteiger partial charge in [-0.3, -0.25) is 14.9 Å². The van der Waals surface area contributed by atoms with E-state index in [-0.39, 0.29) is 22.0 Å². The first kappa shape index (κ1) is 13.8. The molecule has 7 heteroatoms. The Hall–Kier alpha value is -2.60. The number of nitro groups is 1. The van der Waals surface area contributed by atoms with Crippen molar-refractivity contribution in [2.75, 3.05) is 5.32 Å². The second kappa shape index (κ2) is 5.58. The number of rotatable bonds is 3. The Bertz CT molecular complexity index is 671. The number of benzene rings is 2. The Morgan fingerprint density at radius 2 is 1.85 bits per heavy atom. The molecular weight excluding hydrogens is 284 g/mol. The first-order chi connectivity index (χ1) is 9.49. The zero-order chi connectivity index (χ0) is 14.7. The van der Waals surface area contributed by atoms with Gasteiger partial charge in [0.2, 0.25) is 0 Å². The number of hydrogen-bond donors (Lipinski definition) is 2. The summed E-state index contributed by atoms with van der Waals surface area (Å²) in [4.78, 5) is 22.3. The van der Waals surface area contributed by atoms with Crippen LogP contribution in [0.2, 0.25) is 5.02 Å². The van der Waals surface area contributed by atoms with Crippen molar-refractivity contribution < 1.29 is 14.8 Å². The summed E-state index contributed by atoms with van der Waals surface area (Å²) >= 11 is 5.85. The number of nitro benzene ring substituents is 1. The molecule has 20 heavy (non-hydrogen) atoms. The molecule has 0 aromatic heterocycles. The van der Waals surface area contributed by atoms with Crippen molar-refractivity contribution in [2.24, 2.45) is 0 Å². The minimum atomic E-state index is -0.687. The summed E-state index contributed by atoms with van der Waals surface area (Å²) < 4.78 is 0. The lowest BCUT2D eigenvalue weighted by Crippen LogP contribution is -2.14. The van der Waals surface area contributed by atoms with Crippen molar-refractivity contribution in [1.29, 1.82) is 0 Å². The third-order valence-corrected chi connectivity index (χ3v) is 2.86. The monoisotopic (exact) mass is 292 g/mol. The first-order valence-electron chi connectivity index (χ1n) is 5.52. The number of carbonyl (C=O) groups excluding carboxylic acids is 1. The Morgan fingerprint density at radius 3 is 2.45 bits per heavy atom. The number of hydrogen-bond acceptors (Lipinski definition) is 4. The predicted octanol–water partition coefficient (Wildman–Crippen LogP) is 3.21. The van der Waals surface area contributed by atoms with Crippen LogP contribution in [0.1, 0.15) is 10.4 Å². The first-order valence-corrected chi connectivity index (χ1v) is 5.90. The van der Waals surface area contributed by atoms with Gasteiger partial charge in [0.15, 0.2) is 0 Å². The number of halogens is 1. The van der Waals surface area contributed by atoms with Crippen molar-refractivity contribution in [2.45, 2.75) is 0 Å².